The average molecular weight is 218 g/mol. The Labute approximate surface area is 98.2 Å². The van der Waals surface area contributed by atoms with Gasteiger partial charge in [-0.25, -0.2) is 0 Å². The maximum Gasteiger partial charge on any atom is 0.0983 e. The summed E-state index contributed by atoms with van der Waals surface area (Å²) in [6, 6.07) is 9.42. The first kappa shape index (κ1) is 8.53. The summed E-state index contributed by atoms with van der Waals surface area (Å²) in [6.45, 7) is 1.38. The molecule has 0 saturated heterocycles. The van der Waals surface area contributed by atoms with Crippen LogP contribution in [-0.2, 0) is 7.05 Å². The molecule has 0 amide bonds. The third-order valence-corrected chi connectivity index (χ3v) is 2.67. The molecular formula is C13H16N2O. The van der Waals surface area contributed by atoms with Crippen LogP contribution in [0, 0.1) is 6.92 Å². The highest BCUT2D eigenvalue weighted by atomic mass is 16.3. The first-order chi connectivity index (χ1) is 8.47. The molecule has 16 heavy (non-hydrogen) atoms. The summed E-state index contributed by atoms with van der Waals surface area (Å²) in [5.41, 5.74) is 2.53. The minimum atomic E-state index is -1.93. The molecule has 84 valence electrons. The van der Waals surface area contributed by atoms with Crippen molar-refractivity contribution >= 4 is 0 Å². The zero-order valence-corrected chi connectivity index (χ0v) is 9.44. The maximum absolute atomic E-state index is 10.1. The predicted octanol–water partition coefficient (Wildman–Crippen LogP) is 2.45. The number of aryl methyl sites for hydroxylation is 1. The highest BCUT2D eigenvalue weighted by molar-refractivity contribution is 5.64. The van der Waals surface area contributed by atoms with Gasteiger partial charge in [0.05, 0.1) is 13.1 Å². The van der Waals surface area contributed by atoms with Crippen LogP contribution in [0.25, 0.3) is 11.3 Å². The van der Waals surface area contributed by atoms with Crippen LogP contribution in [0.2, 0.25) is 0 Å². The van der Waals surface area contributed by atoms with Crippen molar-refractivity contribution in [1.82, 2.24) is 9.78 Å². The van der Waals surface area contributed by atoms with Gasteiger partial charge in [-0.3, -0.25) is 4.68 Å². The topological polar surface area (TPSA) is 38.1 Å². The fraction of sp³-hybridized carbons (Fsp3) is 0.308. The summed E-state index contributed by atoms with van der Waals surface area (Å²) in [6.07, 6.45) is -1.93. The van der Waals surface area contributed by atoms with E-state index in [1.54, 1.807) is 18.7 Å². The van der Waals surface area contributed by atoms with Gasteiger partial charge >= 0.3 is 0 Å². The predicted molar refractivity (Wildman–Crippen MR) is 64.0 cm³/mol. The van der Waals surface area contributed by atoms with Gasteiger partial charge in [-0.2, -0.15) is 5.10 Å². The highest BCUT2D eigenvalue weighted by Gasteiger charge is 2.17. The van der Waals surface area contributed by atoms with Crippen molar-refractivity contribution in [2.75, 3.05) is 0 Å². The third kappa shape index (κ3) is 1.74. The van der Waals surface area contributed by atoms with Crippen molar-refractivity contribution in [2.24, 2.45) is 7.05 Å². The minimum Gasteiger partial charge on any atom is -0.389 e. The average Bonchev–Trinajstić information content (AvgIpc) is 2.67. The second-order valence-electron chi connectivity index (χ2n) is 3.75. The fourth-order valence-electron chi connectivity index (χ4n) is 1.75. The molecule has 1 unspecified atom stereocenters. The maximum atomic E-state index is 10.1. The van der Waals surface area contributed by atoms with E-state index in [1.807, 2.05) is 30.3 Å². The minimum absolute atomic E-state index is 0.409. The van der Waals surface area contributed by atoms with Gasteiger partial charge in [-0.15, -0.1) is 0 Å². The van der Waals surface area contributed by atoms with Crippen LogP contribution in [0.4, 0.5) is 0 Å². The van der Waals surface area contributed by atoms with Gasteiger partial charge < -0.3 is 5.11 Å². The molecule has 3 heteroatoms. The summed E-state index contributed by atoms with van der Waals surface area (Å²) in [5.74, 6) is 0. The van der Waals surface area contributed by atoms with E-state index in [-0.39, 0.29) is 0 Å². The Morgan fingerprint density at radius 2 is 2.12 bits per heavy atom. The van der Waals surface area contributed by atoms with Crippen molar-refractivity contribution in [3.8, 4) is 11.3 Å². The van der Waals surface area contributed by atoms with E-state index in [9.17, 15) is 5.11 Å². The molecule has 2 rings (SSSR count). The lowest BCUT2D eigenvalue weighted by Gasteiger charge is -2.06. The normalized spacial score (nSPS) is 16.4. The summed E-state index contributed by atoms with van der Waals surface area (Å²) in [5, 5.41) is 14.4. The van der Waals surface area contributed by atoms with Crippen LogP contribution in [-0.4, -0.2) is 14.9 Å². The van der Waals surface area contributed by atoms with Gasteiger partial charge in [0.1, 0.15) is 0 Å². The molecule has 1 aromatic carbocycles. The van der Waals surface area contributed by atoms with Crippen LogP contribution in [0.1, 0.15) is 27.0 Å². The molecule has 0 fully saturated rings. The second-order valence-corrected chi connectivity index (χ2v) is 3.75. The van der Waals surface area contributed by atoms with Crippen molar-refractivity contribution in [1.29, 1.82) is 0 Å². The Kier molecular flexibility index (Phi) is 2.19. The Morgan fingerprint density at radius 1 is 1.44 bits per heavy atom. The van der Waals surface area contributed by atoms with Crippen molar-refractivity contribution in [3.63, 3.8) is 0 Å². The molecular weight excluding hydrogens is 200 g/mol. The van der Waals surface area contributed by atoms with E-state index in [4.69, 9.17) is 2.74 Å². The van der Waals surface area contributed by atoms with Crippen LogP contribution in [0.5, 0.6) is 0 Å². The van der Waals surface area contributed by atoms with Crippen LogP contribution < -0.4 is 0 Å². The number of rotatable bonds is 2. The van der Waals surface area contributed by atoms with Crippen LogP contribution in [0.3, 0.4) is 0 Å². The third-order valence-electron chi connectivity index (χ3n) is 2.67. The van der Waals surface area contributed by atoms with E-state index in [0.717, 1.165) is 5.56 Å². The van der Waals surface area contributed by atoms with Crippen LogP contribution in [0.15, 0.2) is 30.3 Å². The Hall–Kier alpha value is -1.61. The molecule has 0 saturated carbocycles. The summed E-state index contributed by atoms with van der Waals surface area (Å²) in [7, 11) is 1.77. The second kappa shape index (κ2) is 4.10. The summed E-state index contributed by atoms with van der Waals surface area (Å²) < 4.78 is 16.8. The first-order valence-corrected chi connectivity index (χ1v) is 5.08. The molecule has 1 N–H and O–H groups in total. The van der Waals surface area contributed by atoms with Crippen molar-refractivity contribution in [2.45, 2.75) is 19.9 Å². The van der Waals surface area contributed by atoms with Gasteiger partial charge in [0, 0.05) is 25.2 Å². The number of aliphatic hydroxyl groups is 1. The standard InChI is InChI=1S/C13H16N2O/c1-9-12(10(2)16)13(14-15(9)3)11-7-5-4-6-8-11/h4-8,10,16H,1-3H3/i2D,10D. The molecule has 0 aliphatic heterocycles. The Balaban J connectivity index is 2.66. The molecule has 3 nitrogen and oxygen atoms in total. The number of hydrogen-bond acceptors (Lipinski definition) is 2. The molecule has 1 atom stereocenters. The lowest BCUT2D eigenvalue weighted by atomic mass is 10.0. The zero-order valence-electron chi connectivity index (χ0n) is 11.4. The zero-order chi connectivity index (χ0) is 13.3. The van der Waals surface area contributed by atoms with Gasteiger partial charge in [0.2, 0.25) is 0 Å². The molecule has 0 radical (unpaired) electrons. The number of hydrogen-bond donors (Lipinski definition) is 1. The Bertz CT molecular complexity index is 550. The molecule has 0 aliphatic carbocycles. The number of aromatic nitrogens is 2. The lowest BCUT2D eigenvalue weighted by molar-refractivity contribution is 0.199. The van der Waals surface area contributed by atoms with Crippen molar-refractivity contribution < 1.29 is 7.85 Å². The van der Waals surface area contributed by atoms with E-state index < -0.39 is 13.0 Å². The SMILES string of the molecule is [2H]CC([2H])(O)c1c(-c2ccccc2)nn(C)c1C. The summed E-state index contributed by atoms with van der Waals surface area (Å²) >= 11 is 0. The molecule has 0 bridgehead atoms. The van der Waals surface area contributed by atoms with E-state index in [2.05, 4.69) is 5.10 Å². The van der Waals surface area contributed by atoms with Crippen molar-refractivity contribution in [3.05, 3.63) is 41.6 Å². The van der Waals surface area contributed by atoms with E-state index >= 15 is 0 Å². The summed E-state index contributed by atoms with van der Waals surface area (Å²) in [4.78, 5) is 0. The number of nitrogens with zero attached hydrogens (tertiary/aromatic N) is 2. The first-order valence-electron chi connectivity index (χ1n) is 6.29. The van der Waals surface area contributed by atoms with Gasteiger partial charge in [-0.1, -0.05) is 30.3 Å². The smallest absolute Gasteiger partial charge is 0.0983 e. The molecule has 1 heterocycles. The molecule has 0 spiro atoms. The fourth-order valence-corrected chi connectivity index (χ4v) is 1.75. The quantitative estimate of drug-likeness (QED) is 0.840. The number of benzene rings is 1. The molecule has 1 aromatic heterocycles. The van der Waals surface area contributed by atoms with Gasteiger partial charge in [0.25, 0.3) is 0 Å². The largest absolute Gasteiger partial charge is 0.389 e. The van der Waals surface area contributed by atoms with E-state index in [0.29, 0.717) is 17.0 Å². The van der Waals surface area contributed by atoms with Gasteiger partial charge in [-0.05, 0) is 13.8 Å². The van der Waals surface area contributed by atoms with E-state index in [1.165, 1.54) is 0 Å². The van der Waals surface area contributed by atoms with Crippen LogP contribution >= 0.6 is 0 Å². The Morgan fingerprint density at radius 3 is 2.75 bits per heavy atom. The highest BCUT2D eigenvalue weighted by Crippen LogP contribution is 2.29. The lowest BCUT2D eigenvalue weighted by Crippen LogP contribution is -1.96. The molecule has 2 aromatic rings. The molecule has 0 aliphatic rings. The van der Waals surface area contributed by atoms with Gasteiger partial charge in [0.15, 0.2) is 0 Å². The monoisotopic (exact) mass is 218 g/mol.